The average Bonchev–Trinajstić information content (AvgIpc) is 2.47. The summed E-state index contributed by atoms with van der Waals surface area (Å²) in [5, 5.41) is 8.83. The fourth-order valence-electron chi connectivity index (χ4n) is 1.32. The highest BCUT2D eigenvalue weighted by atomic mass is 79.9. The number of rotatable bonds is 4. The van der Waals surface area contributed by atoms with Crippen LogP contribution in [0, 0.1) is 6.92 Å². The van der Waals surface area contributed by atoms with Gasteiger partial charge in [-0.2, -0.15) is 0 Å². The molecular weight excluding hydrogens is 262 g/mol. The highest BCUT2D eigenvalue weighted by Crippen LogP contribution is 2.23. The minimum Gasteiger partial charge on any atom is -0.462 e. The molecule has 1 aromatic heterocycles. The molecule has 0 amide bonds. The standard InChI is InChI=1S/C10H14BrNO3/c1-3-15-10(14)8-6-12(4-5-13)9(11)7(8)2/h6,13H,3-5H2,1-2H3. The zero-order valence-corrected chi connectivity index (χ0v) is 10.4. The van der Waals surface area contributed by atoms with Crippen LogP contribution in [0.25, 0.3) is 0 Å². The Bertz CT molecular complexity index is 360. The van der Waals surface area contributed by atoms with Gasteiger partial charge in [-0.25, -0.2) is 4.79 Å². The van der Waals surface area contributed by atoms with Crippen LogP contribution in [0.5, 0.6) is 0 Å². The van der Waals surface area contributed by atoms with E-state index in [0.717, 1.165) is 10.2 Å². The summed E-state index contributed by atoms with van der Waals surface area (Å²) in [7, 11) is 0. The lowest BCUT2D eigenvalue weighted by Crippen LogP contribution is -2.05. The molecule has 0 aromatic carbocycles. The third kappa shape index (κ3) is 2.60. The van der Waals surface area contributed by atoms with Gasteiger partial charge in [-0.15, -0.1) is 0 Å². The highest BCUT2D eigenvalue weighted by molar-refractivity contribution is 9.10. The molecular formula is C10H14BrNO3. The van der Waals surface area contributed by atoms with Crippen LogP contribution in [0.4, 0.5) is 0 Å². The van der Waals surface area contributed by atoms with Gasteiger partial charge in [-0.1, -0.05) is 0 Å². The van der Waals surface area contributed by atoms with Crippen LogP contribution < -0.4 is 0 Å². The van der Waals surface area contributed by atoms with E-state index in [-0.39, 0.29) is 12.6 Å². The molecule has 1 aromatic rings. The smallest absolute Gasteiger partial charge is 0.339 e. The lowest BCUT2D eigenvalue weighted by atomic mass is 10.2. The Labute approximate surface area is 97.0 Å². The maximum Gasteiger partial charge on any atom is 0.339 e. The quantitative estimate of drug-likeness (QED) is 0.852. The SMILES string of the molecule is CCOC(=O)c1cn(CCO)c(Br)c1C. The molecule has 0 saturated carbocycles. The molecule has 1 heterocycles. The van der Waals surface area contributed by atoms with Crippen molar-refractivity contribution in [3.8, 4) is 0 Å². The summed E-state index contributed by atoms with van der Waals surface area (Å²) >= 11 is 3.37. The number of esters is 1. The molecule has 0 unspecified atom stereocenters. The van der Waals surface area contributed by atoms with Crippen molar-refractivity contribution in [2.75, 3.05) is 13.2 Å². The first-order valence-electron chi connectivity index (χ1n) is 4.75. The maximum absolute atomic E-state index is 11.5. The van der Waals surface area contributed by atoms with Gasteiger partial charge in [0.25, 0.3) is 0 Å². The second kappa shape index (κ2) is 5.32. The summed E-state index contributed by atoms with van der Waals surface area (Å²) < 4.78 is 7.50. The Morgan fingerprint density at radius 1 is 1.67 bits per heavy atom. The molecule has 15 heavy (non-hydrogen) atoms. The molecule has 0 fully saturated rings. The van der Waals surface area contributed by atoms with Crippen LogP contribution in [0.15, 0.2) is 10.8 Å². The summed E-state index contributed by atoms with van der Waals surface area (Å²) in [5.74, 6) is -0.326. The van der Waals surface area contributed by atoms with E-state index in [1.54, 1.807) is 17.7 Å². The van der Waals surface area contributed by atoms with E-state index in [9.17, 15) is 4.79 Å². The first-order valence-corrected chi connectivity index (χ1v) is 5.54. The van der Waals surface area contributed by atoms with Gasteiger partial charge < -0.3 is 14.4 Å². The third-order valence-electron chi connectivity index (χ3n) is 2.09. The van der Waals surface area contributed by atoms with Gasteiger partial charge >= 0.3 is 5.97 Å². The van der Waals surface area contributed by atoms with Crippen molar-refractivity contribution in [3.05, 3.63) is 21.9 Å². The third-order valence-corrected chi connectivity index (χ3v) is 3.14. The van der Waals surface area contributed by atoms with E-state index in [1.807, 2.05) is 6.92 Å². The lowest BCUT2D eigenvalue weighted by Gasteiger charge is -2.00. The zero-order valence-electron chi connectivity index (χ0n) is 8.79. The van der Waals surface area contributed by atoms with E-state index < -0.39 is 0 Å². The second-order valence-corrected chi connectivity index (χ2v) is 3.85. The fourth-order valence-corrected chi connectivity index (χ4v) is 1.81. The van der Waals surface area contributed by atoms with Crippen molar-refractivity contribution in [1.29, 1.82) is 0 Å². The molecule has 0 spiro atoms. The molecule has 0 bridgehead atoms. The van der Waals surface area contributed by atoms with Crippen molar-refractivity contribution in [2.24, 2.45) is 0 Å². The van der Waals surface area contributed by atoms with Crippen molar-refractivity contribution < 1.29 is 14.6 Å². The first-order chi connectivity index (χ1) is 7.11. The second-order valence-electron chi connectivity index (χ2n) is 3.10. The summed E-state index contributed by atoms with van der Waals surface area (Å²) in [4.78, 5) is 11.5. The number of halogens is 1. The van der Waals surface area contributed by atoms with Crippen LogP contribution >= 0.6 is 15.9 Å². The molecule has 84 valence electrons. The number of aliphatic hydroxyl groups excluding tert-OH is 1. The van der Waals surface area contributed by atoms with Crippen molar-refractivity contribution in [1.82, 2.24) is 4.57 Å². The number of aliphatic hydroxyl groups is 1. The molecule has 1 N–H and O–H groups in total. The predicted octanol–water partition coefficient (Wildman–Crippen LogP) is 1.73. The molecule has 0 saturated heterocycles. The van der Waals surface area contributed by atoms with E-state index >= 15 is 0 Å². The average molecular weight is 276 g/mol. The van der Waals surface area contributed by atoms with Crippen molar-refractivity contribution in [3.63, 3.8) is 0 Å². The van der Waals surface area contributed by atoms with Crippen LogP contribution in [-0.4, -0.2) is 28.9 Å². The van der Waals surface area contributed by atoms with Gasteiger partial charge in [0.2, 0.25) is 0 Å². The van der Waals surface area contributed by atoms with E-state index in [1.165, 1.54) is 0 Å². The zero-order chi connectivity index (χ0) is 11.4. The summed E-state index contributed by atoms with van der Waals surface area (Å²) in [6, 6.07) is 0. The Balaban J connectivity index is 2.99. The van der Waals surface area contributed by atoms with Gasteiger partial charge in [0.1, 0.15) is 0 Å². The summed E-state index contributed by atoms with van der Waals surface area (Å²) in [6.45, 7) is 4.47. The van der Waals surface area contributed by atoms with Crippen molar-refractivity contribution in [2.45, 2.75) is 20.4 Å². The highest BCUT2D eigenvalue weighted by Gasteiger charge is 2.16. The van der Waals surface area contributed by atoms with Gasteiger partial charge in [0.05, 0.1) is 23.4 Å². The summed E-state index contributed by atoms with van der Waals surface area (Å²) in [6.07, 6.45) is 1.69. The van der Waals surface area contributed by atoms with Crippen LogP contribution in [0.1, 0.15) is 22.8 Å². The molecule has 0 aliphatic rings. The van der Waals surface area contributed by atoms with E-state index in [2.05, 4.69) is 15.9 Å². The van der Waals surface area contributed by atoms with E-state index in [4.69, 9.17) is 9.84 Å². The van der Waals surface area contributed by atoms with Crippen molar-refractivity contribution >= 4 is 21.9 Å². The molecule has 4 nitrogen and oxygen atoms in total. The Hall–Kier alpha value is -0.810. The molecule has 0 radical (unpaired) electrons. The lowest BCUT2D eigenvalue weighted by molar-refractivity contribution is 0.0525. The largest absolute Gasteiger partial charge is 0.462 e. The number of nitrogens with zero attached hydrogens (tertiary/aromatic N) is 1. The number of carbonyl (C=O) groups is 1. The molecule has 0 aliphatic heterocycles. The molecule has 0 aliphatic carbocycles. The Morgan fingerprint density at radius 2 is 2.33 bits per heavy atom. The maximum atomic E-state index is 11.5. The molecule has 0 atom stereocenters. The number of carbonyl (C=O) groups excluding carboxylic acids is 1. The van der Waals surface area contributed by atoms with Gasteiger partial charge in [0.15, 0.2) is 0 Å². The van der Waals surface area contributed by atoms with Gasteiger partial charge in [-0.3, -0.25) is 0 Å². The minimum atomic E-state index is -0.326. The summed E-state index contributed by atoms with van der Waals surface area (Å²) in [5.41, 5.74) is 1.37. The predicted molar refractivity (Wildman–Crippen MR) is 59.9 cm³/mol. The monoisotopic (exact) mass is 275 g/mol. The van der Waals surface area contributed by atoms with Crippen LogP contribution in [-0.2, 0) is 11.3 Å². The Morgan fingerprint density at radius 3 is 2.87 bits per heavy atom. The topological polar surface area (TPSA) is 51.5 Å². The molecule has 5 heteroatoms. The van der Waals surface area contributed by atoms with Gasteiger partial charge in [0, 0.05) is 12.7 Å². The van der Waals surface area contributed by atoms with E-state index in [0.29, 0.717) is 18.7 Å². The fraction of sp³-hybridized carbons (Fsp3) is 0.500. The molecule has 1 rings (SSSR count). The number of aromatic nitrogens is 1. The minimum absolute atomic E-state index is 0.0367. The normalized spacial score (nSPS) is 10.4. The van der Waals surface area contributed by atoms with Crippen LogP contribution in [0.3, 0.4) is 0 Å². The van der Waals surface area contributed by atoms with Gasteiger partial charge in [-0.05, 0) is 35.3 Å². The number of hydrogen-bond acceptors (Lipinski definition) is 3. The Kier molecular flexibility index (Phi) is 4.35. The number of ether oxygens (including phenoxy) is 1. The number of hydrogen-bond donors (Lipinski definition) is 1. The van der Waals surface area contributed by atoms with Crippen LogP contribution in [0.2, 0.25) is 0 Å². The first kappa shape index (κ1) is 12.3.